The Hall–Kier alpha value is -3.37. The van der Waals surface area contributed by atoms with E-state index >= 15 is 0 Å². The van der Waals surface area contributed by atoms with Gasteiger partial charge in [0.15, 0.2) is 11.6 Å². The topological polar surface area (TPSA) is 89.6 Å². The number of aromatic nitrogens is 3. The molecule has 5 rings (SSSR count). The summed E-state index contributed by atoms with van der Waals surface area (Å²) in [5.74, 6) is 0.205. The average Bonchev–Trinajstić information content (AvgIpc) is 3.82. The number of unbranched alkanes of at least 4 members (excludes halogenated alkanes) is 1. The van der Waals surface area contributed by atoms with Crippen LogP contribution in [0.3, 0.4) is 0 Å². The second-order valence-electron chi connectivity index (χ2n) is 13.6. The zero-order valence-electron chi connectivity index (χ0n) is 27.6. The van der Waals surface area contributed by atoms with E-state index in [0.717, 1.165) is 31.4 Å². The number of aliphatic hydroxyl groups excluding tert-OH is 1. The fraction of sp³-hybridized carbons (Fsp3) is 0.459. The summed E-state index contributed by atoms with van der Waals surface area (Å²) in [6.07, 6.45) is 4.80. The first-order chi connectivity index (χ1) is 22.1. The van der Waals surface area contributed by atoms with Gasteiger partial charge in [0.2, 0.25) is 0 Å². The summed E-state index contributed by atoms with van der Waals surface area (Å²) in [6, 6.07) is 25.8. The van der Waals surface area contributed by atoms with Gasteiger partial charge in [0.1, 0.15) is 11.3 Å². The summed E-state index contributed by atoms with van der Waals surface area (Å²) >= 11 is 0. The van der Waals surface area contributed by atoms with E-state index in [2.05, 4.69) is 79.6 Å². The summed E-state index contributed by atoms with van der Waals surface area (Å²) in [5, 5.41) is 32.8. The standard InChI is InChI=1S/C37H48FN3O4Si/c1-5-37(43,29-21-22-32(38)35(24-29)44-26-28-19-20-28)27-41-34(33(25-42)39-40-41)18-12-13-23-45-46(36(2,3)4,30-14-8-6-9-15-30)31-16-10-7-11-17-31/h6-11,14-17,21-22,24,28,42-43H,5,12-13,18-20,23,25-27H2,1-4H3/t37-/m1/s1. The van der Waals surface area contributed by atoms with Crippen LogP contribution >= 0.6 is 0 Å². The molecule has 0 spiro atoms. The molecule has 0 radical (unpaired) electrons. The Labute approximate surface area is 273 Å². The maximum Gasteiger partial charge on any atom is 0.261 e. The molecule has 7 nitrogen and oxygen atoms in total. The molecule has 1 fully saturated rings. The van der Waals surface area contributed by atoms with Crippen molar-refractivity contribution in [1.29, 1.82) is 0 Å². The van der Waals surface area contributed by atoms with Crippen LogP contribution in [0, 0.1) is 11.7 Å². The van der Waals surface area contributed by atoms with Gasteiger partial charge in [0.25, 0.3) is 8.32 Å². The first-order valence-corrected chi connectivity index (χ1v) is 18.4. The first-order valence-electron chi connectivity index (χ1n) is 16.5. The molecular weight excluding hydrogens is 598 g/mol. The highest BCUT2D eigenvalue weighted by atomic mass is 28.4. The summed E-state index contributed by atoms with van der Waals surface area (Å²) in [7, 11) is -2.63. The molecule has 3 aromatic carbocycles. The summed E-state index contributed by atoms with van der Waals surface area (Å²) in [5.41, 5.74) is 0.520. The molecule has 0 saturated heterocycles. The number of ether oxygens (including phenoxy) is 1. The van der Waals surface area contributed by atoms with Crippen LogP contribution in [0.4, 0.5) is 4.39 Å². The van der Waals surface area contributed by atoms with Crippen LogP contribution in [0.2, 0.25) is 5.04 Å². The molecule has 1 saturated carbocycles. The SMILES string of the molecule is CC[C@@](O)(Cn1nnc(CO)c1CCCCO[Si](c1ccccc1)(c1ccccc1)C(C)(C)C)c1ccc(F)c(OCC2CC2)c1. The van der Waals surface area contributed by atoms with Crippen molar-refractivity contribution in [2.45, 2.75) is 90.0 Å². The fourth-order valence-corrected chi connectivity index (χ4v) is 10.9. The lowest BCUT2D eigenvalue weighted by Gasteiger charge is -2.43. The van der Waals surface area contributed by atoms with Crippen LogP contribution in [0.1, 0.15) is 76.8 Å². The van der Waals surface area contributed by atoms with Crippen molar-refractivity contribution in [1.82, 2.24) is 15.0 Å². The van der Waals surface area contributed by atoms with Gasteiger partial charge in [0, 0.05) is 6.61 Å². The van der Waals surface area contributed by atoms with Crippen molar-refractivity contribution in [3.63, 3.8) is 0 Å². The second-order valence-corrected chi connectivity index (χ2v) is 17.9. The van der Waals surface area contributed by atoms with Crippen LogP contribution in [0.25, 0.3) is 0 Å². The number of hydrogen-bond donors (Lipinski definition) is 2. The van der Waals surface area contributed by atoms with Gasteiger partial charge >= 0.3 is 0 Å². The minimum Gasteiger partial charge on any atom is -0.490 e. The third-order valence-electron chi connectivity index (χ3n) is 9.25. The van der Waals surface area contributed by atoms with Gasteiger partial charge in [-0.1, -0.05) is 99.6 Å². The van der Waals surface area contributed by atoms with Crippen molar-refractivity contribution in [2.24, 2.45) is 5.92 Å². The minimum atomic E-state index is -2.63. The van der Waals surface area contributed by atoms with Crippen LogP contribution in [0.15, 0.2) is 78.9 Å². The highest BCUT2D eigenvalue weighted by Gasteiger charge is 2.50. The molecule has 0 bridgehead atoms. The van der Waals surface area contributed by atoms with E-state index < -0.39 is 19.7 Å². The Morgan fingerprint density at radius 1 is 0.957 bits per heavy atom. The molecule has 9 heteroatoms. The van der Waals surface area contributed by atoms with Crippen molar-refractivity contribution >= 4 is 18.7 Å². The predicted octanol–water partition coefficient (Wildman–Crippen LogP) is 5.90. The molecular formula is C37H48FN3O4Si. The lowest BCUT2D eigenvalue weighted by molar-refractivity contribution is 0.00936. The molecule has 0 aliphatic heterocycles. The van der Waals surface area contributed by atoms with E-state index in [-0.39, 0.29) is 23.9 Å². The van der Waals surface area contributed by atoms with Crippen LogP contribution in [0.5, 0.6) is 5.75 Å². The summed E-state index contributed by atoms with van der Waals surface area (Å²) in [4.78, 5) is 0. The quantitative estimate of drug-likeness (QED) is 0.117. The summed E-state index contributed by atoms with van der Waals surface area (Å²) < 4.78 is 29.0. The fourth-order valence-electron chi connectivity index (χ4n) is 6.32. The molecule has 1 atom stereocenters. The number of hydrogen-bond acceptors (Lipinski definition) is 6. The Morgan fingerprint density at radius 3 is 2.17 bits per heavy atom. The van der Waals surface area contributed by atoms with Crippen molar-refractivity contribution in [2.75, 3.05) is 13.2 Å². The second kappa shape index (κ2) is 14.6. The molecule has 2 N–H and O–H groups in total. The van der Waals surface area contributed by atoms with Gasteiger partial charge < -0.3 is 19.4 Å². The third-order valence-corrected chi connectivity index (χ3v) is 14.3. The van der Waals surface area contributed by atoms with Gasteiger partial charge in [-0.2, -0.15) is 0 Å². The average molecular weight is 646 g/mol. The largest absolute Gasteiger partial charge is 0.490 e. The third kappa shape index (κ3) is 7.44. The molecule has 1 aliphatic carbocycles. The van der Waals surface area contributed by atoms with Gasteiger partial charge in [-0.25, -0.2) is 9.07 Å². The number of halogens is 1. The van der Waals surface area contributed by atoms with Gasteiger partial charge in [-0.15, -0.1) is 5.10 Å². The zero-order valence-corrected chi connectivity index (χ0v) is 28.6. The Balaban J connectivity index is 1.30. The Bertz CT molecular complexity index is 1520. The highest BCUT2D eigenvalue weighted by Crippen LogP contribution is 2.37. The molecule has 4 aromatic rings. The first kappa shape index (κ1) is 34.0. The number of aliphatic hydroxyl groups is 2. The van der Waals surface area contributed by atoms with Gasteiger partial charge in [-0.3, -0.25) is 0 Å². The van der Waals surface area contributed by atoms with Crippen molar-refractivity contribution in [3.05, 3.63) is 102 Å². The van der Waals surface area contributed by atoms with E-state index in [1.165, 1.54) is 16.4 Å². The smallest absolute Gasteiger partial charge is 0.261 e. The maximum absolute atomic E-state index is 14.5. The van der Waals surface area contributed by atoms with E-state index in [4.69, 9.17) is 9.16 Å². The van der Waals surface area contributed by atoms with Crippen LogP contribution in [-0.4, -0.2) is 46.7 Å². The highest BCUT2D eigenvalue weighted by molar-refractivity contribution is 6.99. The predicted molar refractivity (Wildman–Crippen MR) is 181 cm³/mol. The molecule has 46 heavy (non-hydrogen) atoms. The summed E-state index contributed by atoms with van der Waals surface area (Å²) in [6.45, 7) is 9.66. The normalized spacial score (nSPS) is 15.1. The van der Waals surface area contributed by atoms with Gasteiger partial charge in [0.05, 0.1) is 25.5 Å². The van der Waals surface area contributed by atoms with Crippen LogP contribution < -0.4 is 15.1 Å². The van der Waals surface area contributed by atoms with Gasteiger partial charge in [-0.05, 0) is 77.6 Å². The minimum absolute atomic E-state index is 0.101. The molecule has 0 unspecified atom stereocenters. The molecule has 1 aromatic heterocycles. The zero-order chi connectivity index (χ0) is 32.8. The van der Waals surface area contributed by atoms with E-state index in [9.17, 15) is 14.6 Å². The Kier molecular flexibility index (Phi) is 10.8. The number of benzene rings is 3. The Morgan fingerprint density at radius 2 is 1.61 bits per heavy atom. The van der Waals surface area contributed by atoms with E-state index in [0.29, 0.717) is 43.2 Å². The van der Waals surface area contributed by atoms with Crippen LogP contribution in [-0.2, 0) is 29.6 Å². The monoisotopic (exact) mass is 645 g/mol. The molecule has 1 aliphatic rings. The van der Waals surface area contributed by atoms with Crippen molar-refractivity contribution in [3.8, 4) is 5.75 Å². The van der Waals surface area contributed by atoms with E-state index in [1.54, 1.807) is 16.8 Å². The lowest BCUT2D eigenvalue weighted by atomic mass is 9.90. The molecule has 1 heterocycles. The molecule has 246 valence electrons. The molecule has 0 amide bonds. The van der Waals surface area contributed by atoms with Crippen molar-refractivity contribution < 1.29 is 23.8 Å². The van der Waals surface area contributed by atoms with E-state index in [1.807, 2.05) is 19.1 Å². The maximum atomic E-state index is 14.5. The number of nitrogens with zero attached hydrogens (tertiary/aromatic N) is 3. The lowest BCUT2D eigenvalue weighted by Crippen LogP contribution is -2.66. The number of rotatable bonds is 16.